The lowest BCUT2D eigenvalue weighted by Crippen LogP contribution is -2.28. The number of ketones is 1. The van der Waals surface area contributed by atoms with Gasteiger partial charge >= 0.3 is 0 Å². The number of carbonyl (C=O) groups excluding carboxylic acids is 3. The summed E-state index contributed by atoms with van der Waals surface area (Å²) >= 11 is 6.13. The molecule has 0 unspecified atom stereocenters. The maximum absolute atomic E-state index is 13.1. The van der Waals surface area contributed by atoms with Gasteiger partial charge in [-0.3, -0.25) is 19.6 Å². The highest BCUT2D eigenvalue weighted by Gasteiger charge is 2.20. The normalized spacial score (nSPS) is 10.6. The molecule has 7 nitrogen and oxygen atoms in total. The van der Waals surface area contributed by atoms with Crippen LogP contribution in [-0.2, 0) is 11.3 Å². The van der Waals surface area contributed by atoms with Crippen molar-refractivity contribution in [1.82, 2.24) is 15.4 Å². The number of hydrogen-bond acceptors (Lipinski definition) is 4. The molecule has 1 heterocycles. The number of benzene rings is 2. The summed E-state index contributed by atoms with van der Waals surface area (Å²) in [5, 5.41) is 12.0. The monoisotopic (exact) mass is 467 g/mol. The molecule has 3 rings (SSSR count). The molecule has 0 aliphatic heterocycles. The lowest BCUT2D eigenvalue weighted by Gasteiger charge is -2.14. The molecule has 2 aromatic carbocycles. The summed E-state index contributed by atoms with van der Waals surface area (Å²) in [5.74, 6) is -0.871. The Morgan fingerprint density at radius 2 is 1.64 bits per heavy atom. The molecular weight excluding hydrogens is 442 g/mol. The molecular formula is C25H26ClN3O4. The number of rotatable bonds is 11. The molecule has 0 saturated heterocycles. The molecule has 33 heavy (non-hydrogen) atoms. The quantitative estimate of drug-likeness (QED) is 0.170. The van der Waals surface area contributed by atoms with Crippen LogP contribution in [0.2, 0.25) is 5.02 Å². The number of unbranched alkanes of at least 4 members (excludes halogenated alkanes) is 2. The lowest BCUT2D eigenvalue weighted by molar-refractivity contribution is -0.129. The van der Waals surface area contributed by atoms with Gasteiger partial charge in [-0.25, -0.2) is 5.48 Å². The fourth-order valence-electron chi connectivity index (χ4n) is 3.53. The smallest absolute Gasteiger partial charge is 0.267 e. The van der Waals surface area contributed by atoms with Gasteiger partial charge in [-0.05, 0) is 42.7 Å². The Bertz CT molecular complexity index is 1110. The van der Waals surface area contributed by atoms with E-state index in [9.17, 15) is 14.4 Å². The summed E-state index contributed by atoms with van der Waals surface area (Å²) < 4.78 is 1.71. The molecule has 172 valence electrons. The summed E-state index contributed by atoms with van der Waals surface area (Å²) in [6, 6.07) is 19.6. The molecule has 0 saturated carbocycles. The van der Waals surface area contributed by atoms with Crippen molar-refractivity contribution >= 4 is 29.2 Å². The molecule has 0 bridgehead atoms. The first-order chi connectivity index (χ1) is 16.0. The van der Waals surface area contributed by atoms with Crippen LogP contribution in [0.1, 0.15) is 57.8 Å². The van der Waals surface area contributed by atoms with Crippen LogP contribution in [0.25, 0.3) is 0 Å². The fourth-order valence-corrected chi connectivity index (χ4v) is 3.74. The summed E-state index contributed by atoms with van der Waals surface area (Å²) in [7, 11) is 0. The third-order valence-electron chi connectivity index (χ3n) is 5.20. The minimum atomic E-state index is -0.423. The van der Waals surface area contributed by atoms with Gasteiger partial charge in [0.05, 0.1) is 5.69 Å². The van der Waals surface area contributed by atoms with Gasteiger partial charge in [-0.2, -0.15) is 0 Å². The van der Waals surface area contributed by atoms with Crippen LogP contribution in [0, 0.1) is 0 Å². The van der Waals surface area contributed by atoms with Crippen LogP contribution < -0.4 is 10.8 Å². The Hall–Kier alpha value is -3.42. The third-order valence-corrected chi connectivity index (χ3v) is 5.44. The van der Waals surface area contributed by atoms with E-state index in [4.69, 9.17) is 16.8 Å². The highest BCUT2D eigenvalue weighted by atomic mass is 35.5. The Balaban J connectivity index is 1.75. The van der Waals surface area contributed by atoms with Gasteiger partial charge in [-0.15, -0.1) is 0 Å². The predicted molar refractivity (Wildman–Crippen MR) is 126 cm³/mol. The largest absolute Gasteiger partial charge is 0.351 e. The van der Waals surface area contributed by atoms with E-state index in [-0.39, 0.29) is 18.1 Å². The Morgan fingerprint density at radius 1 is 0.879 bits per heavy atom. The van der Waals surface area contributed by atoms with Crippen LogP contribution in [0.4, 0.5) is 0 Å². The van der Waals surface area contributed by atoms with Crippen LogP contribution >= 0.6 is 11.6 Å². The first-order valence-electron chi connectivity index (χ1n) is 10.7. The second kappa shape index (κ2) is 12.0. The van der Waals surface area contributed by atoms with Crippen molar-refractivity contribution in [3.63, 3.8) is 0 Å². The van der Waals surface area contributed by atoms with Crippen LogP contribution in [-0.4, -0.2) is 33.9 Å². The van der Waals surface area contributed by atoms with Crippen molar-refractivity contribution in [2.24, 2.45) is 0 Å². The maximum Gasteiger partial charge on any atom is 0.267 e. The number of aromatic nitrogens is 1. The van der Waals surface area contributed by atoms with Gasteiger partial charge < -0.3 is 9.88 Å². The predicted octanol–water partition coefficient (Wildman–Crippen LogP) is 4.22. The zero-order valence-corrected chi connectivity index (χ0v) is 18.8. The van der Waals surface area contributed by atoms with E-state index in [0.717, 1.165) is 12.0 Å². The van der Waals surface area contributed by atoms with E-state index >= 15 is 0 Å². The molecule has 0 aliphatic carbocycles. The summed E-state index contributed by atoms with van der Waals surface area (Å²) in [6.45, 7) is 0.754. The maximum atomic E-state index is 13.1. The van der Waals surface area contributed by atoms with Crippen LogP contribution in [0.5, 0.6) is 0 Å². The van der Waals surface area contributed by atoms with E-state index in [1.807, 2.05) is 24.3 Å². The molecule has 0 atom stereocenters. The Kier molecular flexibility index (Phi) is 8.80. The molecule has 2 amide bonds. The van der Waals surface area contributed by atoms with Gasteiger partial charge in [0.1, 0.15) is 5.69 Å². The zero-order chi connectivity index (χ0) is 23.6. The Morgan fingerprint density at radius 3 is 2.36 bits per heavy atom. The molecule has 1 aromatic heterocycles. The van der Waals surface area contributed by atoms with Crippen molar-refractivity contribution < 1.29 is 19.6 Å². The lowest BCUT2D eigenvalue weighted by atomic mass is 10.1. The summed E-state index contributed by atoms with van der Waals surface area (Å²) in [5.41, 5.74) is 3.82. The average Bonchev–Trinajstić information content (AvgIpc) is 3.24. The topological polar surface area (TPSA) is 100 Å². The number of nitrogens with one attached hydrogen (secondary N) is 2. The van der Waals surface area contributed by atoms with Gasteiger partial charge in [0, 0.05) is 30.1 Å². The number of hydrogen-bond donors (Lipinski definition) is 3. The van der Waals surface area contributed by atoms with Gasteiger partial charge in [0.15, 0.2) is 0 Å². The van der Waals surface area contributed by atoms with Gasteiger partial charge in [0.2, 0.25) is 11.7 Å². The minimum absolute atomic E-state index is 0.168. The van der Waals surface area contributed by atoms with Crippen molar-refractivity contribution in [2.75, 3.05) is 6.54 Å². The van der Waals surface area contributed by atoms with Crippen LogP contribution in [0.3, 0.4) is 0 Å². The van der Waals surface area contributed by atoms with Crippen LogP contribution in [0.15, 0.2) is 66.7 Å². The van der Waals surface area contributed by atoms with Crippen molar-refractivity contribution in [2.45, 2.75) is 32.2 Å². The molecule has 0 aliphatic rings. The van der Waals surface area contributed by atoms with E-state index in [1.165, 1.54) is 0 Å². The zero-order valence-electron chi connectivity index (χ0n) is 18.1. The molecule has 0 spiro atoms. The molecule has 8 heteroatoms. The van der Waals surface area contributed by atoms with Gasteiger partial charge in [-0.1, -0.05) is 60.5 Å². The third kappa shape index (κ3) is 6.78. The fraction of sp³-hybridized carbons (Fsp3) is 0.240. The van der Waals surface area contributed by atoms with E-state index in [0.29, 0.717) is 47.9 Å². The summed E-state index contributed by atoms with van der Waals surface area (Å²) in [4.78, 5) is 37.1. The molecule has 3 aromatic rings. The first kappa shape index (κ1) is 24.2. The van der Waals surface area contributed by atoms with Crippen molar-refractivity contribution in [3.8, 4) is 0 Å². The average molecular weight is 468 g/mol. The first-order valence-corrected chi connectivity index (χ1v) is 11.1. The molecule has 0 radical (unpaired) electrons. The summed E-state index contributed by atoms with van der Waals surface area (Å²) in [6.07, 6.45) is 2.27. The van der Waals surface area contributed by atoms with Gasteiger partial charge in [0.25, 0.3) is 5.91 Å². The minimum Gasteiger partial charge on any atom is -0.351 e. The second-order valence-corrected chi connectivity index (χ2v) is 8.05. The number of halogens is 1. The number of carbonyl (C=O) groups is 3. The SMILES string of the molecule is O=C(CCCCCNC(=O)c1ccc(C(=O)c2ccccc2)n1Cc1cccc(Cl)c1)NO. The second-order valence-electron chi connectivity index (χ2n) is 7.62. The highest BCUT2D eigenvalue weighted by molar-refractivity contribution is 6.30. The number of nitrogens with zero attached hydrogens (tertiary/aromatic N) is 1. The molecule has 0 fully saturated rings. The Labute approximate surface area is 197 Å². The number of hydroxylamine groups is 1. The van der Waals surface area contributed by atoms with E-state index in [1.54, 1.807) is 52.5 Å². The highest BCUT2D eigenvalue weighted by Crippen LogP contribution is 2.19. The van der Waals surface area contributed by atoms with Crippen molar-refractivity contribution in [3.05, 3.63) is 94.3 Å². The standard InChI is InChI=1S/C25H26ClN3O4/c26-20-11-7-8-18(16-20)17-29-21(24(31)19-9-3-1-4-10-19)13-14-22(29)25(32)27-15-6-2-5-12-23(30)28-33/h1,3-4,7-11,13-14,16,33H,2,5-6,12,15,17H2,(H,27,32)(H,28,30). The molecule has 3 N–H and O–H groups in total. The van der Waals surface area contributed by atoms with E-state index < -0.39 is 5.91 Å². The van der Waals surface area contributed by atoms with E-state index in [2.05, 4.69) is 5.32 Å². The van der Waals surface area contributed by atoms with Crippen molar-refractivity contribution in [1.29, 1.82) is 0 Å². The number of amides is 2.